The summed E-state index contributed by atoms with van der Waals surface area (Å²) in [5.41, 5.74) is 0.240. The molecule has 0 amide bonds. The van der Waals surface area contributed by atoms with E-state index in [1.807, 2.05) is 0 Å². The van der Waals surface area contributed by atoms with Crippen LogP contribution in [0, 0.1) is 17.1 Å². The van der Waals surface area contributed by atoms with E-state index >= 15 is 0 Å². The van der Waals surface area contributed by atoms with Gasteiger partial charge in [0.15, 0.2) is 11.5 Å². The fourth-order valence-electron chi connectivity index (χ4n) is 1.80. The number of halogens is 2. The lowest BCUT2D eigenvalue weighted by molar-refractivity contribution is 0.301. The van der Waals surface area contributed by atoms with Crippen molar-refractivity contribution >= 4 is 21.6 Å². The molecule has 0 fully saturated rings. The first kappa shape index (κ1) is 17.3. The Kier molecular flexibility index (Phi) is 5.28. The molecule has 0 bridgehead atoms. The molecule has 0 aliphatic heterocycles. The Morgan fingerprint density at radius 3 is 2.70 bits per heavy atom. The summed E-state index contributed by atoms with van der Waals surface area (Å²) >= 11 is 6.08. The van der Waals surface area contributed by atoms with Gasteiger partial charge in [0.25, 0.3) is 0 Å². The lowest BCUT2D eigenvalue weighted by atomic mass is 10.1. The first-order valence-corrected chi connectivity index (χ1v) is 8.22. The largest absolute Gasteiger partial charge is 0.395 e. The van der Waals surface area contributed by atoms with Crippen LogP contribution in [0.25, 0.3) is 11.3 Å². The van der Waals surface area contributed by atoms with Crippen LogP contribution >= 0.6 is 11.6 Å². The van der Waals surface area contributed by atoms with Gasteiger partial charge in [-0.3, -0.25) is 0 Å². The number of nitrogens with one attached hydrogen (secondary N) is 1. The number of nitriles is 1. The molecule has 9 heteroatoms. The minimum atomic E-state index is -3.79. The molecule has 0 aliphatic rings. The summed E-state index contributed by atoms with van der Waals surface area (Å²) in [6.45, 7) is -0.450. The summed E-state index contributed by atoms with van der Waals surface area (Å²) < 4.78 is 39.4. The molecule has 1 heterocycles. The lowest BCUT2D eigenvalue weighted by Gasteiger charge is -2.09. The summed E-state index contributed by atoms with van der Waals surface area (Å²) in [6.07, 6.45) is 0. The van der Waals surface area contributed by atoms with Crippen molar-refractivity contribution < 1.29 is 17.9 Å². The van der Waals surface area contributed by atoms with Gasteiger partial charge in [-0.25, -0.2) is 22.5 Å². The topological polar surface area (TPSA) is 103 Å². The van der Waals surface area contributed by atoms with Crippen LogP contribution in [0.2, 0.25) is 5.02 Å². The number of aliphatic hydroxyl groups excluding tert-OH is 1. The van der Waals surface area contributed by atoms with Gasteiger partial charge < -0.3 is 5.11 Å². The van der Waals surface area contributed by atoms with Crippen LogP contribution < -0.4 is 4.72 Å². The zero-order chi connectivity index (χ0) is 17.0. The highest BCUT2D eigenvalue weighted by Crippen LogP contribution is 2.29. The van der Waals surface area contributed by atoms with Crippen LogP contribution in [-0.2, 0) is 10.0 Å². The predicted octanol–water partition coefficient (Wildman–Crippen LogP) is 1.68. The molecule has 2 N–H and O–H groups in total. The van der Waals surface area contributed by atoms with Crippen LogP contribution in [0.15, 0.2) is 35.2 Å². The highest BCUT2D eigenvalue weighted by Gasteiger charge is 2.16. The predicted molar refractivity (Wildman–Crippen MR) is 81.6 cm³/mol. The van der Waals surface area contributed by atoms with Gasteiger partial charge in [-0.1, -0.05) is 11.6 Å². The smallest absolute Gasteiger partial charge is 0.240 e. The number of benzene rings is 1. The quantitative estimate of drug-likeness (QED) is 0.849. The van der Waals surface area contributed by atoms with E-state index in [0.717, 1.165) is 6.07 Å². The van der Waals surface area contributed by atoms with Gasteiger partial charge in [-0.15, -0.1) is 0 Å². The summed E-state index contributed by atoms with van der Waals surface area (Å²) in [7, 11) is -3.79. The number of nitrogens with zero attached hydrogens (tertiary/aromatic N) is 2. The first-order chi connectivity index (χ1) is 10.9. The molecule has 0 aliphatic carbocycles. The van der Waals surface area contributed by atoms with E-state index in [4.69, 9.17) is 22.0 Å². The number of aromatic nitrogens is 1. The Morgan fingerprint density at radius 1 is 1.35 bits per heavy atom. The van der Waals surface area contributed by atoms with Gasteiger partial charge in [0, 0.05) is 12.1 Å². The first-order valence-electron chi connectivity index (χ1n) is 6.36. The molecule has 2 aromatic rings. The molecule has 120 valence electrons. The number of pyridine rings is 1. The van der Waals surface area contributed by atoms with E-state index in [2.05, 4.69) is 9.71 Å². The van der Waals surface area contributed by atoms with Gasteiger partial charge in [0.1, 0.15) is 6.07 Å². The van der Waals surface area contributed by atoms with Crippen molar-refractivity contribution in [1.29, 1.82) is 5.26 Å². The summed E-state index contributed by atoms with van der Waals surface area (Å²) in [6, 6.07) is 7.99. The van der Waals surface area contributed by atoms with Crippen molar-refractivity contribution in [2.75, 3.05) is 13.2 Å². The molecule has 23 heavy (non-hydrogen) atoms. The average Bonchev–Trinajstić information content (AvgIpc) is 2.53. The van der Waals surface area contributed by atoms with Crippen LogP contribution in [0.3, 0.4) is 0 Å². The zero-order valence-corrected chi connectivity index (χ0v) is 13.2. The van der Waals surface area contributed by atoms with Gasteiger partial charge in [-0.2, -0.15) is 5.26 Å². The van der Waals surface area contributed by atoms with Crippen molar-refractivity contribution in [3.05, 3.63) is 46.9 Å². The van der Waals surface area contributed by atoms with Crippen molar-refractivity contribution in [2.24, 2.45) is 0 Å². The Balaban J connectivity index is 2.43. The second kappa shape index (κ2) is 7.02. The third-order valence-electron chi connectivity index (χ3n) is 2.88. The van der Waals surface area contributed by atoms with E-state index in [-0.39, 0.29) is 34.5 Å². The van der Waals surface area contributed by atoms with Gasteiger partial charge in [-0.05, 0) is 30.3 Å². The van der Waals surface area contributed by atoms with Gasteiger partial charge in [0.05, 0.1) is 22.2 Å². The van der Waals surface area contributed by atoms with Crippen molar-refractivity contribution in [1.82, 2.24) is 9.71 Å². The highest BCUT2D eigenvalue weighted by atomic mass is 35.5. The monoisotopic (exact) mass is 355 g/mol. The second-order valence-corrected chi connectivity index (χ2v) is 6.58. The minimum absolute atomic E-state index is 0.0812. The maximum Gasteiger partial charge on any atom is 0.240 e. The molecule has 1 aromatic carbocycles. The normalized spacial score (nSPS) is 11.2. The maximum absolute atomic E-state index is 13.3. The van der Waals surface area contributed by atoms with Crippen LogP contribution in [0.1, 0.15) is 5.69 Å². The summed E-state index contributed by atoms with van der Waals surface area (Å²) in [4.78, 5) is 3.76. The van der Waals surface area contributed by atoms with Crippen molar-refractivity contribution in [2.45, 2.75) is 4.90 Å². The maximum atomic E-state index is 13.3. The molecule has 0 spiro atoms. The fraction of sp³-hybridized carbons (Fsp3) is 0.143. The van der Waals surface area contributed by atoms with E-state index in [0.29, 0.717) is 5.56 Å². The molecule has 0 unspecified atom stereocenters. The third-order valence-corrected chi connectivity index (χ3v) is 4.65. The molecular formula is C14H11ClFN3O3S. The van der Waals surface area contributed by atoms with E-state index < -0.39 is 15.8 Å². The zero-order valence-electron chi connectivity index (χ0n) is 11.6. The lowest BCUT2D eigenvalue weighted by Crippen LogP contribution is -2.26. The summed E-state index contributed by atoms with van der Waals surface area (Å²) in [5, 5.41) is 17.6. The number of sulfonamides is 1. The van der Waals surface area contributed by atoms with Crippen molar-refractivity contribution in [3.8, 4) is 17.3 Å². The van der Waals surface area contributed by atoms with E-state index in [9.17, 15) is 12.8 Å². The van der Waals surface area contributed by atoms with Crippen LogP contribution in [0.4, 0.5) is 4.39 Å². The van der Waals surface area contributed by atoms with E-state index in [1.165, 1.54) is 24.3 Å². The molecule has 2 rings (SSSR count). The van der Waals surface area contributed by atoms with E-state index in [1.54, 1.807) is 6.07 Å². The van der Waals surface area contributed by atoms with Gasteiger partial charge in [0.2, 0.25) is 10.0 Å². The third kappa shape index (κ3) is 3.83. The van der Waals surface area contributed by atoms with Crippen LogP contribution in [0.5, 0.6) is 0 Å². The van der Waals surface area contributed by atoms with Gasteiger partial charge >= 0.3 is 0 Å². The number of aliphatic hydroxyl groups is 1. The molecule has 0 saturated heterocycles. The van der Waals surface area contributed by atoms with Crippen LogP contribution in [-0.4, -0.2) is 31.7 Å². The van der Waals surface area contributed by atoms with Crippen molar-refractivity contribution in [3.63, 3.8) is 0 Å². The SMILES string of the molecule is N#Cc1nc(-c2ccc(S(=O)(=O)NCCO)cc2Cl)ccc1F. The standard InChI is InChI=1S/C14H11ClFN3O3S/c15-11-7-9(23(21,22)18-5-6-20)1-2-10(11)13-4-3-12(16)14(8-17)19-13/h1-4,7,18,20H,5-6H2. The Hall–Kier alpha value is -2.05. The molecule has 0 atom stereocenters. The number of rotatable bonds is 5. The summed E-state index contributed by atoms with van der Waals surface area (Å²) in [5.74, 6) is -0.750. The molecule has 0 saturated carbocycles. The molecule has 1 aromatic heterocycles. The number of hydrogen-bond acceptors (Lipinski definition) is 5. The molecule has 0 radical (unpaired) electrons. The Bertz CT molecular complexity index is 881. The average molecular weight is 356 g/mol. The Morgan fingerprint density at radius 2 is 2.09 bits per heavy atom. The highest BCUT2D eigenvalue weighted by molar-refractivity contribution is 7.89. The minimum Gasteiger partial charge on any atom is -0.395 e. The second-order valence-electron chi connectivity index (χ2n) is 4.40. The Labute approximate surface area is 137 Å². The number of hydrogen-bond donors (Lipinski definition) is 2. The fourth-order valence-corrected chi connectivity index (χ4v) is 3.19. The molecule has 6 nitrogen and oxygen atoms in total. The molecular weight excluding hydrogens is 345 g/mol.